The van der Waals surface area contributed by atoms with Crippen molar-refractivity contribution in [2.24, 2.45) is 4.99 Å². The van der Waals surface area contributed by atoms with E-state index in [9.17, 15) is 26.3 Å². The van der Waals surface area contributed by atoms with E-state index in [1.165, 1.54) is 30.3 Å². The highest BCUT2D eigenvalue weighted by molar-refractivity contribution is 5.94. The Morgan fingerprint density at radius 2 is 1.56 bits per heavy atom. The Labute approximate surface area is 97.9 Å². The molecule has 0 bridgehead atoms. The van der Waals surface area contributed by atoms with Crippen LogP contribution in [-0.2, 0) is 4.74 Å². The monoisotopic (exact) mass is 271 g/mol. The van der Waals surface area contributed by atoms with Crippen LogP contribution in [0.2, 0.25) is 0 Å². The second kappa shape index (κ2) is 5.28. The molecule has 0 saturated heterocycles. The van der Waals surface area contributed by atoms with Gasteiger partial charge in [-0.2, -0.15) is 13.2 Å². The summed E-state index contributed by atoms with van der Waals surface area (Å²) < 4.78 is 76.0. The van der Waals surface area contributed by atoms with E-state index in [-0.39, 0.29) is 5.56 Å². The molecule has 1 rings (SSSR count). The molecule has 18 heavy (non-hydrogen) atoms. The Balaban J connectivity index is 2.94. The SMILES string of the molecule is FC(F)(F)CO/C(=N/C(F)(F)F)c1ccccc1. The van der Waals surface area contributed by atoms with E-state index in [0.29, 0.717) is 0 Å². The van der Waals surface area contributed by atoms with Gasteiger partial charge in [-0.15, -0.1) is 18.2 Å². The first kappa shape index (κ1) is 14.3. The molecule has 2 nitrogen and oxygen atoms in total. The van der Waals surface area contributed by atoms with Crippen molar-refractivity contribution >= 4 is 5.90 Å². The van der Waals surface area contributed by atoms with E-state index in [1.54, 1.807) is 0 Å². The number of rotatable bonds is 2. The van der Waals surface area contributed by atoms with Crippen LogP contribution in [0.15, 0.2) is 35.3 Å². The van der Waals surface area contributed by atoms with Gasteiger partial charge < -0.3 is 4.74 Å². The average Bonchev–Trinajstić information content (AvgIpc) is 2.23. The lowest BCUT2D eigenvalue weighted by atomic mass is 10.2. The number of hydrogen-bond donors (Lipinski definition) is 0. The molecule has 0 saturated carbocycles. The molecule has 0 radical (unpaired) electrons. The molecule has 100 valence electrons. The van der Waals surface area contributed by atoms with Crippen LogP contribution in [0.1, 0.15) is 5.56 Å². The molecule has 8 heteroatoms. The largest absolute Gasteiger partial charge is 0.506 e. The third-order valence-corrected chi connectivity index (χ3v) is 1.62. The Kier molecular flexibility index (Phi) is 4.20. The molecular weight excluding hydrogens is 264 g/mol. The number of alkyl halides is 6. The number of nitrogens with zero attached hydrogens (tertiary/aromatic N) is 1. The van der Waals surface area contributed by atoms with E-state index in [2.05, 4.69) is 9.73 Å². The predicted molar refractivity (Wildman–Crippen MR) is 51.0 cm³/mol. The molecule has 0 N–H and O–H groups in total. The second-order valence-corrected chi connectivity index (χ2v) is 3.15. The smallest absolute Gasteiger partial charge is 0.468 e. The Morgan fingerprint density at radius 3 is 2.00 bits per heavy atom. The van der Waals surface area contributed by atoms with Crippen molar-refractivity contribution in [1.82, 2.24) is 0 Å². The normalized spacial score (nSPS) is 13.6. The average molecular weight is 271 g/mol. The molecule has 1 aromatic carbocycles. The molecule has 0 unspecified atom stereocenters. The van der Waals surface area contributed by atoms with E-state index in [1.807, 2.05) is 0 Å². The number of ether oxygens (including phenoxy) is 1. The quantitative estimate of drug-likeness (QED) is 0.349. The molecular formula is C10H7F6NO. The van der Waals surface area contributed by atoms with Crippen molar-refractivity contribution < 1.29 is 31.1 Å². The van der Waals surface area contributed by atoms with Crippen LogP contribution in [0.5, 0.6) is 0 Å². The van der Waals surface area contributed by atoms with Crippen LogP contribution >= 0.6 is 0 Å². The van der Waals surface area contributed by atoms with Gasteiger partial charge in [0.1, 0.15) is 0 Å². The van der Waals surface area contributed by atoms with E-state index in [4.69, 9.17) is 0 Å². The summed E-state index contributed by atoms with van der Waals surface area (Å²) in [6.07, 6.45) is -9.74. The van der Waals surface area contributed by atoms with Crippen LogP contribution in [0.25, 0.3) is 0 Å². The summed E-state index contributed by atoms with van der Waals surface area (Å²) in [6, 6.07) is 6.55. The molecule has 0 spiro atoms. The summed E-state index contributed by atoms with van der Waals surface area (Å²) in [5, 5.41) is 0. The number of aliphatic imine (C=N–C) groups is 1. The van der Waals surface area contributed by atoms with Crippen LogP contribution in [0, 0.1) is 0 Å². The third kappa shape index (κ3) is 5.55. The topological polar surface area (TPSA) is 21.6 Å². The maximum absolute atomic E-state index is 12.1. The minimum atomic E-state index is -5.00. The Hall–Kier alpha value is -1.73. The van der Waals surface area contributed by atoms with Gasteiger partial charge in [0.25, 0.3) is 0 Å². The van der Waals surface area contributed by atoms with Crippen molar-refractivity contribution in [2.45, 2.75) is 12.5 Å². The summed E-state index contributed by atoms with van der Waals surface area (Å²) in [6.45, 7) is -1.84. The van der Waals surface area contributed by atoms with E-state index in [0.717, 1.165) is 0 Å². The van der Waals surface area contributed by atoms with Gasteiger partial charge >= 0.3 is 12.5 Å². The minimum Gasteiger partial charge on any atom is -0.468 e. The van der Waals surface area contributed by atoms with Crippen molar-refractivity contribution in [1.29, 1.82) is 0 Å². The summed E-state index contributed by atoms with van der Waals surface area (Å²) in [5.41, 5.74) is -0.181. The molecule has 0 heterocycles. The maximum Gasteiger partial charge on any atom is 0.506 e. The van der Waals surface area contributed by atoms with Gasteiger partial charge in [-0.25, -0.2) is 0 Å². The highest BCUT2D eigenvalue weighted by atomic mass is 19.4. The van der Waals surface area contributed by atoms with Crippen LogP contribution in [0.3, 0.4) is 0 Å². The Morgan fingerprint density at radius 1 is 1.00 bits per heavy atom. The summed E-state index contributed by atoms with van der Waals surface area (Å²) in [4.78, 5) is 2.18. The zero-order valence-electron chi connectivity index (χ0n) is 8.72. The van der Waals surface area contributed by atoms with Crippen molar-refractivity contribution in [2.75, 3.05) is 6.61 Å². The summed E-state index contributed by atoms with van der Waals surface area (Å²) >= 11 is 0. The van der Waals surface area contributed by atoms with Gasteiger partial charge in [-0.1, -0.05) is 18.2 Å². The molecule has 0 aliphatic heterocycles. The molecule has 1 aromatic rings. The van der Waals surface area contributed by atoms with Crippen molar-refractivity contribution in [3.05, 3.63) is 35.9 Å². The fourth-order valence-corrected chi connectivity index (χ4v) is 1.03. The zero-order chi connectivity index (χ0) is 13.8. The lowest BCUT2D eigenvalue weighted by Crippen LogP contribution is -2.22. The first-order chi connectivity index (χ1) is 8.17. The number of halogens is 6. The van der Waals surface area contributed by atoms with Gasteiger partial charge in [0.15, 0.2) is 6.61 Å². The third-order valence-electron chi connectivity index (χ3n) is 1.62. The maximum atomic E-state index is 12.1. The standard InChI is InChI=1S/C10H7F6NO/c11-9(12,13)6-18-8(17-10(14,15)16)7-4-2-1-3-5-7/h1-5H,6H2/b17-8+. The Bertz CT molecular complexity index is 409. The zero-order valence-corrected chi connectivity index (χ0v) is 8.72. The number of hydrogen-bond acceptors (Lipinski definition) is 2. The van der Waals surface area contributed by atoms with Gasteiger partial charge in [0.05, 0.1) is 0 Å². The van der Waals surface area contributed by atoms with Gasteiger partial charge in [-0.05, 0) is 12.1 Å². The molecule has 0 amide bonds. The molecule has 0 fully saturated rings. The minimum absolute atomic E-state index is 0.181. The highest BCUT2D eigenvalue weighted by Gasteiger charge is 2.32. The lowest BCUT2D eigenvalue weighted by Gasteiger charge is -2.12. The van der Waals surface area contributed by atoms with Gasteiger partial charge in [-0.3, -0.25) is 0 Å². The molecule has 0 aromatic heterocycles. The first-order valence-corrected chi connectivity index (χ1v) is 4.59. The van der Waals surface area contributed by atoms with Crippen LogP contribution in [0.4, 0.5) is 26.3 Å². The second-order valence-electron chi connectivity index (χ2n) is 3.15. The fraction of sp³-hybridized carbons (Fsp3) is 0.300. The van der Waals surface area contributed by atoms with Gasteiger partial charge in [0, 0.05) is 5.56 Å². The van der Waals surface area contributed by atoms with Crippen LogP contribution in [-0.4, -0.2) is 25.0 Å². The highest BCUT2D eigenvalue weighted by Crippen LogP contribution is 2.21. The fourth-order valence-electron chi connectivity index (χ4n) is 1.03. The van der Waals surface area contributed by atoms with Gasteiger partial charge in [0.2, 0.25) is 5.90 Å². The van der Waals surface area contributed by atoms with Crippen molar-refractivity contribution in [3.63, 3.8) is 0 Å². The predicted octanol–water partition coefficient (Wildman–Crippen LogP) is 3.53. The van der Waals surface area contributed by atoms with E-state index < -0.39 is 25.0 Å². The van der Waals surface area contributed by atoms with Crippen LogP contribution < -0.4 is 0 Å². The number of benzene rings is 1. The van der Waals surface area contributed by atoms with Crippen molar-refractivity contribution in [3.8, 4) is 0 Å². The molecule has 0 aliphatic carbocycles. The molecule has 0 aliphatic rings. The van der Waals surface area contributed by atoms with E-state index >= 15 is 0 Å². The summed E-state index contributed by atoms with van der Waals surface area (Å²) in [5.74, 6) is -1.11. The molecule has 0 atom stereocenters. The first-order valence-electron chi connectivity index (χ1n) is 4.59. The lowest BCUT2D eigenvalue weighted by molar-refractivity contribution is -0.158. The summed E-state index contributed by atoms with van der Waals surface area (Å²) in [7, 11) is 0.